The fourth-order valence-corrected chi connectivity index (χ4v) is 3.73. The summed E-state index contributed by atoms with van der Waals surface area (Å²) in [5.74, 6) is -2.19. The van der Waals surface area contributed by atoms with E-state index < -0.39 is 24.0 Å². The summed E-state index contributed by atoms with van der Waals surface area (Å²) < 4.78 is 78.0. The van der Waals surface area contributed by atoms with Crippen LogP contribution in [0.2, 0.25) is 0 Å². The molecule has 1 aliphatic carbocycles. The Kier molecular flexibility index (Phi) is 8.90. The number of carbonyl (C=O) groups excluding carboxylic acids is 1. The Bertz CT molecular complexity index is 884. The normalized spacial score (nSPS) is 21.1. The highest BCUT2D eigenvalue weighted by Gasteiger charge is 2.37. The summed E-state index contributed by atoms with van der Waals surface area (Å²) in [7, 11) is 3.23. The molecule has 1 amide bonds. The Labute approximate surface area is 195 Å². The first-order valence-electron chi connectivity index (χ1n) is 10.9. The van der Waals surface area contributed by atoms with Gasteiger partial charge in [-0.05, 0) is 62.1 Å². The van der Waals surface area contributed by atoms with Gasteiger partial charge in [0.25, 0.3) is 5.91 Å². The van der Waals surface area contributed by atoms with E-state index in [1.807, 2.05) is 0 Å². The lowest BCUT2D eigenvalue weighted by Gasteiger charge is -2.37. The number of nitrogens with zero attached hydrogens (tertiary/aromatic N) is 1. The van der Waals surface area contributed by atoms with Crippen molar-refractivity contribution in [3.63, 3.8) is 0 Å². The zero-order valence-corrected chi connectivity index (χ0v) is 19.2. The van der Waals surface area contributed by atoms with E-state index >= 15 is 0 Å². The van der Waals surface area contributed by atoms with Gasteiger partial charge in [0.2, 0.25) is 0 Å². The Balaban J connectivity index is 2.07. The molecule has 1 saturated carbocycles. The van der Waals surface area contributed by atoms with Crippen LogP contribution in [-0.4, -0.2) is 49.3 Å². The first-order valence-corrected chi connectivity index (χ1v) is 10.9. The lowest BCUT2D eigenvalue weighted by Crippen LogP contribution is -2.42. The van der Waals surface area contributed by atoms with E-state index in [0.717, 1.165) is 18.7 Å². The Morgan fingerprint density at radius 2 is 1.65 bits per heavy atom. The van der Waals surface area contributed by atoms with Gasteiger partial charge >= 0.3 is 12.4 Å². The molecule has 0 spiro atoms. The van der Waals surface area contributed by atoms with Crippen molar-refractivity contribution < 1.29 is 31.1 Å². The van der Waals surface area contributed by atoms with Crippen LogP contribution in [0.4, 0.5) is 32.0 Å². The van der Waals surface area contributed by atoms with Gasteiger partial charge in [-0.1, -0.05) is 6.92 Å². The van der Waals surface area contributed by atoms with Crippen LogP contribution in [0.25, 0.3) is 0 Å². The number of benzene rings is 1. The molecule has 11 heteroatoms. The summed E-state index contributed by atoms with van der Waals surface area (Å²) in [5, 5.41) is 5.90. The zero-order valence-electron chi connectivity index (χ0n) is 19.2. The first kappa shape index (κ1) is 27.4. The van der Waals surface area contributed by atoms with Gasteiger partial charge in [-0.3, -0.25) is 4.79 Å². The van der Waals surface area contributed by atoms with Crippen LogP contribution in [0.15, 0.2) is 47.8 Å². The third kappa shape index (κ3) is 7.59. The predicted octanol–water partition coefficient (Wildman–Crippen LogP) is 5.19. The molecular weight excluding hydrogens is 462 g/mol. The SMILES string of the molecule is CNc1ccc(C(=O)N[C@H]2CC[C@@H](N(C)C(/C=C(\N)C(F)(F)F)=C/C(C)C(F)(F)F)CC2)cc1. The molecule has 1 aromatic carbocycles. The molecule has 1 fully saturated rings. The molecule has 0 radical (unpaired) electrons. The van der Waals surface area contributed by atoms with Gasteiger partial charge in [0, 0.05) is 43.1 Å². The number of rotatable bonds is 7. The van der Waals surface area contributed by atoms with E-state index in [1.165, 1.54) is 11.9 Å². The highest BCUT2D eigenvalue weighted by Crippen LogP contribution is 2.32. The number of allylic oxidation sites excluding steroid dienone is 3. The number of hydrogen-bond donors (Lipinski definition) is 3. The molecule has 0 aliphatic heterocycles. The summed E-state index contributed by atoms with van der Waals surface area (Å²) in [5.41, 5.74) is 4.75. The maximum atomic E-state index is 13.1. The van der Waals surface area contributed by atoms with E-state index in [-0.39, 0.29) is 23.7 Å². The number of alkyl halides is 6. The molecule has 1 aliphatic rings. The van der Waals surface area contributed by atoms with E-state index in [1.54, 1.807) is 31.3 Å². The molecule has 1 unspecified atom stereocenters. The van der Waals surface area contributed by atoms with Crippen LogP contribution in [0, 0.1) is 5.92 Å². The molecule has 1 atom stereocenters. The monoisotopic (exact) mass is 492 g/mol. The van der Waals surface area contributed by atoms with Gasteiger partial charge in [0.15, 0.2) is 0 Å². The fraction of sp³-hybridized carbons (Fsp3) is 0.522. The maximum absolute atomic E-state index is 13.1. The molecule has 0 saturated heterocycles. The van der Waals surface area contributed by atoms with Crippen LogP contribution in [0.1, 0.15) is 43.0 Å². The lowest BCUT2D eigenvalue weighted by molar-refractivity contribution is -0.156. The third-order valence-electron chi connectivity index (χ3n) is 5.99. The van der Waals surface area contributed by atoms with Crippen LogP contribution >= 0.6 is 0 Å². The average molecular weight is 493 g/mol. The molecule has 0 heterocycles. The number of carbonyl (C=O) groups is 1. The summed E-state index contributed by atoms with van der Waals surface area (Å²) in [6.07, 6.45) is -6.11. The lowest BCUT2D eigenvalue weighted by atomic mass is 9.89. The van der Waals surface area contributed by atoms with Crippen molar-refractivity contribution in [2.24, 2.45) is 11.7 Å². The minimum Gasteiger partial charge on any atom is -0.395 e. The second kappa shape index (κ2) is 11.1. The Hall–Kier alpha value is -2.85. The molecule has 4 N–H and O–H groups in total. The number of likely N-dealkylation sites (N-methyl/N-ethyl adjacent to an activating group) is 1. The van der Waals surface area contributed by atoms with Crippen molar-refractivity contribution in [2.45, 2.75) is 57.0 Å². The highest BCUT2D eigenvalue weighted by atomic mass is 19.4. The second-order valence-corrected chi connectivity index (χ2v) is 8.44. The minimum atomic E-state index is -4.85. The molecule has 190 valence electrons. The topological polar surface area (TPSA) is 70.4 Å². The van der Waals surface area contributed by atoms with Crippen molar-refractivity contribution in [1.82, 2.24) is 10.2 Å². The standard InChI is InChI=1S/C23H30F6N4O/c1-14(22(24,25)26)12-19(13-20(30)23(27,28)29)33(3)18-10-8-17(9-11-18)32-21(34)15-4-6-16(31-2)7-5-15/h4-7,12-14,17-18,31H,8-11,30H2,1-3H3,(H,32,34)/b19-12+,20-13-/t14?,17-,18+. The van der Waals surface area contributed by atoms with Gasteiger partial charge in [0.1, 0.15) is 5.70 Å². The van der Waals surface area contributed by atoms with Crippen molar-refractivity contribution in [3.8, 4) is 0 Å². The average Bonchev–Trinajstić information content (AvgIpc) is 2.77. The van der Waals surface area contributed by atoms with Crippen LogP contribution < -0.4 is 16.4 Å². The maximum Gasteiger partial charge on any atom is 0.430 e. The van der Waals surface area contributed by atoms with E-state index in [2.05, 4.69) is 10.6 Å². The molecule has 1 aromatic rings. The van der Waals surface area contributed by atoms with Gasteiger partial charge in [-0.2, -0.15) is 26.3 Å². The molecule has 0 aromatic heterocycles. The van der Waals surface area contributed by atoms with Crippen molar-refractivity contribution in [1.29, 1.82) is 0 Å². The van der Waals surface area contributed by atoms with Crippen molar-refractivity contribution in [2.75, 3.05) is 19.4 Å². The highest BCUT2D eigenvalue weighted by molar-refractivity contribution is 5.94. The molecule has 2 rings (SSSR count). The van der Waals surface area contributed by atoms with Crippen LogP contribution in [-0.2, 0) is 0 Å². The quantitative estimate of drug-likeness (QED) is 0.362. The smallest absolute Gasteiger partial charge is 0.395 e. The largest absolute Gasteiger partial charge is 0.430 e. The predicted molar refractivity (Wildman–Crippen MR) is 119 cm³/mol. The van der Waals surface area contributed by atoms with Crippen molar-refractivity contribution in [3.05, 3.63) is 53.4 Å². The van der Waals surface area contributed by atoms with Gasteiger partial charge in [-0.25, -0.2) is 0 Å². The molecule has 34 heavy (non-hydrogen) atoms. The Morgan fingerprint density at radius 1 is 1.09 bits per heavy atom. The number of amides is 1. The number of halogens is 6. The number of nitrogens with two attached hydrogens (primary N) is 1. The number of hydrogen-bond acceptors (Lipinski definition) is 4. The van der Waals surface area contributed by atoms with Crippen LogP contribution in [0.3, 0.4) is 0 Å². The number of anilines is 1. The third-order valence-corrected chi connectivity index (χ3v) is 5.99. The molecular formula is C23H30F6N4O. The Morgan fingerprint density at radius 3 is 2.12 bits per heavy atom. The van der Waals surface area contributed by atoms with E-state index in [9.17, 15) is 31.1 Å². The fourth-order valence-electron chi connectivity index (χ4n) is 3.73. The molecule has 5 nitrogen and oxygen atoms in total. The summed E-state index contributed by atoms with van der Waals surface area (Å²) >= 11 is 0. The van der Waals surface area contributed by atoms with Gasteiger partial charge < -0.3 is 21.3 Å². The minimum absolute atomic E-state index is 0.140. The summed E-state index contributed by atoms with van der Waals surface area (Å²) in [6.45, 7) is 0.876. The van der Waals surface area contributed by atoms with Crippen molar-refractivity contribution >= 4 is 11.6 Å². The van der Waals surface area contributed by atoms with E-state index in [0.29, 0.717) is 37.3 Å². The van der Waals surface area contributed by atoms with Crippen LogP contribution in [0.5, 0.6) is 0 Å². The van der Waals surface area contributed by atoms with Gasteiger partial charge in [-0.15, -0.1) is 0 Å². The van der Waals surface area contributed by atoms with E-state index in [4.69, 9.17) is 5.73 Å². The summed E-state index contributed by atoms with van der Waals surface area (Å²) in [4.78, 5) is 13.9. The summed E-state index contributed by atoms with van der Waals surface area (Å²) in [6, 6.07) is 6.49. The number of nitrogens with one attached hydrogen (secondary N) is 2. The zero-order chi connectivity index (χ0) is 25.7. The molecule has 0 bridgehead atoms. The second-order valence-electron chi connectivity index (χ2n) is 8.44. The first-order chi connectivity index (χ1) is 15.7. The van der Waals surface area contributed by atoms with Gasteiger partial charge in [0.05, 0.1) is 5.92 Å².